The second kappa shape index (κ2) is 12.9. The highest BCUT2D eigenvalue weighted by atomic mass is 16.5. The molecule has 2 rings (SSSR count). The molecule has 2 aromatic rings. The molecule has 0 aliphatic heterocycles. The zero-order valence-electron chi connectivity index (χ0n) is 17.4. The molecule has 3 nitrogen and oxygen atoms in total. The fourth-order valence-electron chi connectivity index (χ4n) is 3.18. The van der Waals surface area contributed by atoms with Gasteiger partial charge in [0, 0.05) is 24.1 Å². The average molecular weight is 381 g/mol. The van der Waals surface area contributed by atoms with Crippen molar-refractivity contribution in [3.8, 4) is 5.75 Å². The predicted molar refractivity (Wildman–Crippen MR) is 116 cm³/mol. The van der Waals surface area contributed by atoms with Crippen molar-refractivity contribution < 1.29 is 14.1 Å². The summed E-state index contributed by atoms with van der Waals surface area (Å²) in [7, 11) is 1.62. The van der Waals surface area contributed by atoms with Crippen molar-refractivity contribution >= 4 is 11.9 Å². The van der Waals surface area contributed by atoms with Gasteiger partial charge in [0.2, 0.25) is 0 Å². The molecule has 0 bridgehead atoms. The van der Waals surface area contributed by atoms with E-state index in [9.17, 15) is 4.79 Å². The Morgan fingerprint density at radius 2 is 1.50 bits per heavy atom. The minimum Gasteiger partial charge on any atom is -0.497 e. The molecule has 3 heteroatoms. The van der Waals surface area contributed by atoms with Gasteiger partial charge in [-0.05, 0) is 42.3 Å². The Morgan fingerprint density at radius 1 is 0.893 bits per heavy atom. The van der Waals surface area contributed by atoms with Crippen LogP contribution in [0.1, 0.15) is 74.2 Å². The molecule has 150 valence electrons. The molecule has 28 heavy (non-hydrogen) atoms. The van der Waals surface area contributed by atoms with Crippen molar-refractivity contribution in [1.82, 2.24) is 0 Å². The number of ether oxygens (including phenoxy) is 1. The highest BCUT2D eigenvalue weighted by Crippen LogP contribution is 2.13. The van der Waals surface area contributed by atoms with E-state index >= 15 is 0 Å². The van der Waals surface area contributed by atoms with Gasteiger partial charge in [-0.3, -0.25) is 4.79 Å². The molecule has 1 heterocycles. The summed E-state index contributed by atoms with van der Waals surface area (Å²) in [6, 6.07) is 11.3. The summed E-state index contributed by atoms with van der Waals surface area (Å²) in [4.78, 5) is 12.2. The van der Waals surface area contributed by atoms with Crippen LogP contribution in [0.3, 0.4) is 0 Å². The van der Waals surface area contributed by atoms with Crippen LogP contribution < -0.4 is 9.30 Å². The zero-order chi connectivity index (χ0) is 20.0. The van der Waals surface area contributed by atoms with Gasteiger partial charge in [0.05, 0.1) is 7.11 Å². The second-order valence-electron chi connectivity index (χ2n) is 7.27. The number of aromatic nitrogens is 1. The van der Waals surface area contributed by atoms with Crippen LogP contribution in [0.15, 0.2) is 54.9 Å². The largest absolute Gasteiger partial charge is 0.497 e. The predicted octanol–water partition coefficient (Wildman–Crippen LogP) is 6.02. The quantitative estimate of drug-likeness (QED) is 0.184. The maximum atomic E-state index is 12.2. The highest BCUT2D eigenvalue weighted by molar-refractivity contribution is 6.06. The molecular formula is C25H34NO2+. The van der Waals surface area contributed by atoms with Gasteiger partial charge in [-0.15, -0.1) is 0 Å². The van der Waals surface area contributed by atoms with Gasteiger partial charge in [0.25, 0.3) is 0 Å². The van der Waals surface area contributed by atoms with Gasteiger partial charge in [-0.2, -0.15) is 0 Å². The molecule has 0 unspecified atom stereocenters. The average Bonchev–Trinajstić information content (AvgIpc) is 2.75. The zero-order valence-corrected chi connectivity index (χ0v) is 17.4. The number of pyridine rings is 1. The normalized spacial score (nSPS) is 11.1. The summed E-state index contributed by atoms with van der Waals surface area (Å²) < 4.78 is 7.34. The number of ketones is 1. The van der Waals surface area contributed by atoms with E-state index in [-0.39, 0.29) is 5.78 Å². The number of rotatable bonds is 13. The molecule has 0 amide bonds. The number of unbranched alkanes of at least 4 members (excludes halogenated alkanes) is 7. The van der Waals surface area contributed by atoms with Gasteiger partial charge < -0.3 is 4.74 Å². The van der Waals surface area contributed by atoms with Crippen molar-refractivity contribution in [3.63, 3.8) is 0 Å². The summed E-state index contributed by atoms with van der Waals surface area (Å²) >= 11 is 0. The molecule has 0 spiro atoms. The molecule has 0 aliphatic rings. The summed E-state index contributed by atoms with van der Waals surface area (Å²) in [6.45, 7) is 3.32. The number of hydrogen-bond acceptors (Lipinski definition) is 2. The van der Waals surface area contributed by atoms with Gasteiger partial charge in [0.15, 0.2) is 18.2 Å². The van der Waals surface area contributed by atoms with E-state index in [1.54, 1.807) is 37.5 Å². The molecule has 0 N–H and O–H groups in total. The Hall–Kier alpha value is -2.42. The third kappa shape index (κ3) is 8.08. The summed E-state index contributed by atoms with van der Waals surface area (Å²) in [5.41, 5.74) is 1.70. The smallest absolute Gasteiger partial charge is 0.185 e. The second-order valence-corrected chi connectivity index (χ2v) is 7.27. The van der Waals surface area contributed by atoms with Crippen molar-refractivity contribution in [2.24, 2.45) is 0 Å². The first-order valence-electron chi connectivity index (χ1n) is 10.6. The summed E-state index contributed by atoms with van der Waals surface area (Å²) in [5.74, 6) is 0.753. The van der Waals surface area contributed by atoms with Crippen LogP contribution in [0, 0.1) is 0 Å². The van der Waals surface area contributed by atoms with E-state index in [0.717, 1.165) is 17.9 Å². The molecule has 0 saturated carbocycles. The van der Waals surface area contributed by atoms with Crippen LogP contribution in [0.25, 0.3) is 6.08 Å². The first-order chi connectivity index (χ1) is 13.7. The SMILES string of the molecule is CCCCCCCCCC[n+]1ccc(/C=C/C(=O)c2ccc(OC)cc2)cc1. The number of carbonyl (C=O) groups excluding carboxylic acids is 1. The highest BCUT2D eigenvalue weighted by Gasteiger charge is 2.03. The van der Waals surface area contributed by atoms with E-state index in [1.165, 1.54) is 51.4 Å². The Labute approximate surface area is 170 Å². The maximum absolute atomic E-state index is 12.2. The van der Waals surface area contributed by atoms with Crippen LogP contribution >= 0.6 is 0 Å². The first-order valence-corrected chi connectivity index (χ1v) is 10.6. The van der Waals surface area contributed by atoms with E-state index < -0.39 is 0 Å². The Kier molecular flexibility index (Phi) is 10.1. The van der Waals surface area contributed by atoms with Gasteiger partial charge >= 0.3 is 0 Å². The third-order valence-electron chi connectivity index (χ3n) is 4.99. The fraction of sp³-hybridized carbons (Fsp3) is 0.440. The van der Waals surface area contributed by atoms with Crippen molar-refractivity contribution in [1.29, 1.82) is 0 Å². The van der Waals surface area contributed by atoms with E-state index in [2.05, 4.69) is 36.0 Å². The number of allylic oxidation sites excluding steroid dienone is 1. The molecule has 0 atom stereocenters. The lowest BCUT2D eigenvalue weighted by atomic mass is 10.1. The van der Waals surface area contributed by atoms with Crippen molar-refractivity contribution in [2.75, 3.05) is 7.11 Å². The first kappa shape index (κ1) is 21.9. The molecule has 0 saturated heterocycles. The van der Waals surface area contributed by atoms with Crippen LogP contribution in [0.2, 0.25) is 0 Å². The van der Waals surface area contributed by atoms with Gasteiger partial charge in [-0.1, -0.05) is 51.5 Å². The number of hydrogen-bond donors (Lipinski definition) is 0. The standard InChI is InChI=1S/C25H34NO2/c1-3-4-5-6-7-8-9-10-19-26-20-17-22(18-21-26)11-16-25(27)23-12-14-24(28-2)15-13-23/h11-18,20-21H,3-10,19H2,1-2H3/q+1/b16-11+. The van der Waals surface area contributed by atoms with E-state index in [0.29, 0.717) is 5.56 Å². The lowest BCUT2D eigenvalue weighted by Crippen LogP contribution is -2.32. The molecule has 0 radical (unpaired) electrons. The Morgan fingerprint density at radius 3 is 2.11 bits per heavy atom. The fourth-order valence-corrected chi connectivity index (χ4v) is 3.18. The molecule has 0 aliphatic carbocycles. The van der Waals surface area contributed by atoms with E-state index in [4.69, 9.17) is 4.74 Å². The monoisotopic (exact) mass is 380 g/mol. The lowest BCUT2D eigenvalue weighted by Gasteiger charge is -2.01. The Bertz CT molecular complexity index is 717. The van der Waals surface area contributed by atoms with Crippen LogP contribution in [-0.2, 0) is 6.54 Å². The minimum atomic E-state index is -0.00156. The van der Waals surface area contributed by atoms with Crippen molar-refractivity contribution in [2.45, 2.75) is 64.8 Å². The summed E-state index contributed by atoms with van der Waals surface area (Å²) in [6.07, 6.45) is 18.4. The van der Waals surface area contributed by atoms with Crippen molar-refractivity contribution in [3.05, 3.63) is 66.0 Å². The van der Waals surface area contributed by atoms with Crippen LogP contribution in [-0.4, -0.2) is 12.9 Å². The van der Waals surface area contributed by atoms with E-state index in [1.807, 2.05) is 6.08 Å². The number of methoxy groups -OCH3 is 1. The molecular weight excluding hydrogens is 346 g/mol. The molecule has 1 aromatic carbocycles. The lowest BCUT2D eigenvalue weighted by molar-refractivity contribution is -0.697. The Balaban J connectivity index is 1.71. The number of aryl methyl sites for hydroxylation is 1. The summed E-state index contributed by atoms with van der Waals surface area (Å²) in [5, 5.41) is 0. The molecule has 1 aromatic heterocycles. The van der Waals surface area contributed by atoms with Gasteiger partial charge in [0.1, 0.15) is 12.3 Å². The topological polar surface area (TPSA) is 30.2 Å². The number of carbonyl (C=O) groups is 1. The third-order valence-corrected chi connectivity index (χ3v) is 4.99. The van der Waals surface area contributed by atoms with Crippen LogP contribution in [0.4, 0.5) is 0 Å². The van der Waals surface area contributed by atoms with Gasteiger partial charge in [-0.25, -0.2) is 4.57 Å². The number of nitrogens with zero attached hydrogens (tertiary/aromatic N) is 1. The number of benzene rings is 1. The maximum Gasteiger partial charge on any atom is 0.185 e. The molecule has 0 fully saturated rings. The van der Waals surface area contributed by atoms with Crippen LogP contribution in [0.5, 0.6) is 5.75 Å². The minimum absolute atomic E-state index is 0.00156.